The molecule has 1 N–H and O–H groups in total. The number of rotatable bonds is 4. The first-order valence-electron chi connectivity index (χ1n) is 7.59. The van der Waals surface area contributed by atoms with Crippen LogP contribution in [-0.4, -0.2) is 33.9 Å². The van der Waals surface area contributed by atoms with Gasteiger partial charge in [0.15, 0.2) is 5.13 Å². The third kappa shape index (κ3) is 3.90. The van der Waals surface area contributed by atoms with Crippen LogP contribution >= 0.6 is 11.3 Å². The van der Waals surface area contributed by atoms with Crippen LogP contribution in [0, 0.1) is 5.92 Å². The van der Waals surface area contributed by atoms with Gasteiger partial charge in [-0.05, 0) is 37.4 Å². The lowest BCUT2D eigenvalue weighted by Gasteiger charge is -2.30. The quantitative estimate of drug-likeness (QED) is 0.942. The maximum Gasteiger partial charge on any atom is 0.257 e. The van der Waals surface area contributed by atoms with Gasteiger partial charge in [-0.2, -0.15) is 0 Å². The number of thiazole rings is 1. The number of nitrogens with one attached hydrogen (secondary N) is 1. The predicted molar refractivity (Wildman–Crippen MR) is 88.0 cm³/mol. The van der Waals surface area contributed by atoms with Gasteiger partial charge in [-0.3, -0.25) is 20.0 Å². The van der Waals surface area contributed by atoms with Crippen molar-refractivity contribution in [3.8, 4) is 0 Å². The Bertz CT molecular complexity index is 628. The van der Waals surface area contributed by atoms with Crippen LogP contribution in [0.2, 0.25) is 0 Å². The van der Waals surface area contributed by atoms with E-state index in [1.165, 1.54) is 24.2 Å². The van der Waals surface area contributed by atoms with Crippen molar-refractivity contribution in [1.29, 1.82) is 0 Å². The fourth-order valence-corrected chi connectivity index (χ4v) is 3.47. The van der Waals surface area contributed by atoms with Gasteiger partial charge in [0, 0.05) is 36.4 Å². The van der Waals surface area contributed by atoms with Crippen LogP contribution in [0.3, 0.4) is 0 Å². The summed E-state index contributed by atoms with van der Waals surface area (Å²) in [6.07, 6.45) is 5.80. The van der Waals surface area contributed by atoms with E-state index >= 15 is 0 Å². The number of pyridine rings is 1. The minimum Gasteiger partial charge on any atom is -0.298 e. The molecule has 116 valence electrons. The van der Waals surface area contributed by atoms with E-state index in [-0.39, 0.29) is 5.91 Å². The van der Waals surface area contributed by atoms with E-state index in [1.807, 2.05) is 5.38 Å². The zero-order chi connectivity index (χ0) is 15.4. The Labute approximate surface area is 134 Å². The second-order valence-electron chi connectivity index (χ2n) is 5.82. The van der Waals surface area contributed by atoms with Gasteiger partial charge in [0.1, 0.15) is 0 Å². The average molecular weight is 316 g/mol. The Morgan fingerprint density at radius 1 is 1.45 bits per heavy atom. The first kappa shape index (κ1) is 15.1. The number of carbonyl (C=O) groups excluding carboxylic acids is 1. The van der Waals surface area contributed by atoms with Gasteiger partial charge in [0.25, 0.3) is 5.91 Å². The number of hydrogen-bond donors (Lipinski definition) is 1. The minimum absolute atomic E-state index is 0.144. The summed E-state index contributed by atoms with van der Waals surface area (Å²) in [5, 5.41) is 5.53. The molecule has 3 heterocycles. The molecule has 6 heteroatoms. The fourth-order valence-electron chi connectivity index (χ4n) is 2.77. The molecule has 0 radical (unpaired) electrons. The van der Waals surface area contributed by atoms with Gasteiger partial charge >= 0.3 is 0 Å². The second-order valence-corrected chi connectivity index (χ2v) is 6.67. The molecule has 0 saturated carbocycles. The lowest BCUT2D eigenvalue weighted by molar-refractivity contribution is 0.102. The highest BCUT2D eigenvalue weighted by atomic mass is 32.1. The molecule has 1 saturated heterocycles. The highest BCUT2D eigenvalue weighted by Gasteiger charge is 2.17. The van der Waals surface area contributed by atoms with E-state index in [4.69, 9.17) is 0 Å². The van der Waals surface area contributed by atoms with Crippen LogP contribution in [0.5, 0.6) is 0 Å². The number of likely N-dealkylation sites (tertiary alicyclic amines) is 1. The van der Waals surface area contributed by atoms with Crippen LogP contribution in [0.25, 0.3) is 0 Å². The molecular formula is C16H20N4OS. The lowest BCUT2D eigenvalue weighted by Crippen LogP contribution is -2.33. The molecule has 0 aromatic carbocycles. The molecule has 3 rings (SSSR count). The molecule has 1 aliphatic heterocycles. The van der Waals surface area contributed by atoms with Crippen LogP contribution in [0.1, 0.15) is 35.8 Å². The van der Waals surface area contributed by atoms with E-state index in [9.17, 15) is 4.79 Å². The number of amides is 1. The molecular weight excluding hydrogens is 296 g/mol. The number of hydrogen-bond acceptors (Lipinski definition) is 5. The number of nitrogens with zero attached hydrogens (tertiary/aromatic N) is 3. The van der Waals surface area contributed by atoms with Crippen molar-refractivity contribution in [2.45, 2.75) is 26.3 Å². The fraction of sp³-hybridized carbons (Fsp3) is 0.438. The van der Waals surface area contributed by atoms with Gasteiger partial charge in [0.2, 0.25) is 0 Å². The van der Waals surface area contributed by atoms with E-state index < -0.39 is 0 Å². The van der Waals surface area contributed by atoms with Crippen molar-refractivity contribution in [3.05, 3.63) is 41.2 Å². The standard InChI is InChI=1S/C16H20N4OS/c1-12-3-2-8-20(9-12)10-14-11-22-16(18-14)19-15(21)13-4-6-17-7-5-13/h4-7,11-12H,2-3,8-10H2,1H3,(H,18,19,21)/t12-/m0/s1. The SMILES string of the molecule is C[C@H]1CCCN(Cc2csc(NC(=O)c3ccncc3)n2)C1. The summed E-state index contributed by atoms with van der Waals surface area (Å²) in [5.41, 5.74) is 1.63. The van der Waals surface area contributed by atoms with Gasteiger partial charge in [-0.15, -0.1) is 11.3 Å². The average Bonchev–Trinajstić information content (AvgIpc) is 2.95. The zero-order valence-electron chi connectivity index (χ0n) is 12.7. The molecule has 1 fully saturated rings. The van der Waals surface area contributed by atoms with Crippen molar-refractivity contribution < 1.29 is 4.79 Å². The molecule has 0 unspecified atom stereocenters. The van der Waals surface area contributed by atoms with Crippen LogP contribution < -0.4 is 5.32 Å². The third-order valence-corrected chi connectivity index (χ3v) is 4.65. The molecule has 0 spiro atoms. The summed E-state index contributed by atoms with van der Waals surface area (Å²) < 4.78 is 0. The van der Waals surface area contributed by atoms with Gasteiger partial charge in [-0.1, -0.05) is 6.92 Å². The summed E-state index contributed by atoms with van der Waals surface area (Å²) in [7, 11) is 0. The predicted octanol–water partition coefficient (Wildman–Crippen LogP) is 3.02. The Morgan fingerprint density at radius 2 is 2.27 bits per heavy atom. The zero-order valence-corrected chi connectivity index (χ0v) is 13.5. The summed E-state index contributed by atoms with van der Waals surface area (Å²) in [6.45, 7) is 5.44. The van der Waals surface area contributed by atoms with E-state index in [0.717, 1.165) is 31.2 Å². The molecule has 2 aromatic rings. The van der Waals surface area contributed by atoms with Crippen LogP contribution in [-0.2, 0) is 6.54 Å². The maximum absolute atomic E-state index is 12.1. The van der Waals surface area contributed by atoms with Crippen molar-refractivity contribution in [2.75, 3.05) is 18.4 Å². The normalized spacial score (nSPS) is 19.0. The van der Waals surface area contributed by atoms with Gasteiger partial charge in [-0.25, -0.2) is 4.98 Å². The van der Waals surface area contributed by atoms with E-state index in [0.29, 0.717) is 10.7 Å². The smallest absolute Gasteiger partial charge is 0.257 e. The summed E-state index contributed by atoms with van der Waals surface area (Å²) in [5.74, 6) is 0.619. The first-order chi connectivity index (χ1) is 10.7. The second kappa shape index (κ2) is 6.98. The number of piperidine rings is 1. The highest BCUT2D eigenvalue weighted by Crippen LogP contribution is 2.21. The number of anilines is 1. The van der Waals surface area contributed by atoms with Gasteiger partial charge in [0.05, 0.1) is 5.69 Å². The molecule has 1 aliphatic rings. The summed E-state index contributed by atoms with van der Waals surface area (Å²) in [4.78, 5) is 23.0. The van der Waals surface area contributed by atoms with Crippen LogP contribution in [0.15, 0.2) is 29.9 Å². The summed E-state index contributed by atoms with van der Waals surface area (Å²) in [6, 6.07) is 3.39. The number of aromatic nitrogens is 2. The molecule has 0 aliphatic carbocycles. The summed E-state index contributed by atoms with van der Waals surface area (Å²) >= 11 is 1.48. The molecule has 1 amide bonds. The van der Waals surface area contributed by atoms with Crippen molar-refractivity contribution in [3.63, 3.8) is 0 Å². The van der Waals surface area contributed by atoms with Crippen molar-refractivity contribution >= 4 is 22.4 Å². The molecule has 0 bridgehead atoms. The molecule has 5 nitrogen and oxygen atoms in total. The number of carbonyl (C=O) groups is 1. The topological polar surface area (TPSA) is 58.1 Å². The largest absolute Gasteiger partial charge is 0.298 e. The maximum atomic E-state index is 12.1. The highest BCUT2D eigenvalue weighted by molar-refractivity contribution is 7.13. The van der Waals surface area contributed by atoms with Crippen molar-refractivity contribution in [2.24, 2.45) is 5.92 Å². The molecule has 22 heavy (non-hydrogen) atoms. The Balaban J connectivity index is 1.58. The minimum atomic E-state index is -0.144. The third-order valence-electron chi connectivity index (χ3n) is 3.84. The molecule has 2 aromatic heterocycles. The first-order valence-corrected chi connectivity index (χ1v) is 8.47. The molecule has 1 atom stereocenters. The Morgan fingerprint density at radius 3 is 3.05 bits per heavy atom. The van der Waals surface area contributed by atoms with Gasteiger partial charge < -0.3 is 0 Å². The van der Waals surface area contributed by atoms with E-state index in [1.54, 1.807) is 24.5 Å². The van der Waals surface area contributed by atoms with Crippen molar-refractivity contribution in [1.82, 2.24) is 14.9 Å². The Kier molecular flexibility index (Phi) is 4.80. The van der Waals surface area contributed by atoms with Crippen LogP contribution in [0.4, 0.5) is 5.13 Å². The lowest BCUT2D eigenvalue weighted by atomic mass is 10.0. The van der Waals surface area contributed by atoms with E-state index in [2.05, 4.69) is 27.1 Å². The Hall–Kier alpha value is -1.79. The monoisotopic (exact) mass is 316 g/mol.